The zero-order chi connectivity index (χ0) is 12.2. The normalized spacial score (nSPS) is 15.8. The van der Waals surface area contributed by atoms with Gasteiger partial charge in [0.05, 0.1) is 0 Å². The van der Waals surface area contributed by atoms with Crippen LogP contribution in [-0.2, 0) is 5.75 Å². The molecular formula is C14H23NS. The molecule has 2 unspecified atom stereocenters. The highest BCUT2D eigenvalue weighted by atomic mass is 32.2. The van der Waals surface area contributed by atoms with Gasteiger partial charge in [-0.1, -0.05) is 51.1 Å². The lowest BCUT2D eigenvalue weighted by Crippen LogP contribution is -2.39. The number of thioether (sulfide) groups is 1. The van der Waals surface area contributed by atoms with E-state index in [9.17, 15) is 0 Å². The summed E-state index contributed by atoms with van der Waals surface area (Å²) in [6.45, 7) is 8.89. The number of rotatable bonds is 4. The highest BCUT2D eigenvalue weighted by Gasteiger charge is 2.27. The quantitative estimate of drug-likeness (QED) is 0.864. The van der Waals surface area contributed by atoms with E-state index in [2.05, 4.69) is 58.0 Å². The van der Waals surface area contributed by atoms with E-state index in [1.54, 1.807) is 0 Å². The first-order valence-corrected chi connectivity index (χ1v) is 6.87. The van der Waals surface area contributed by atoms with E-state index in [0.717, 1.165) is 5.75 Å². The second-order valence-corrected chi connectivity index (χ2v) is 6.57. The Bertz CT molecular complexity index is 300. The third-order valence-electron chi connectivity index (χ3n) is 2.60. The molecule has 0 radical (unpaired) electrons. The summed E-state index contributed by atoms with van der Waals surface area (Å²) in [5.74, 6) is 1.05. The van der Waals surface area contributed by atoms with Gasteiger partial charge in [0.25, 0.3) is 0 Å². The van der Waals surface area contributed by atoms with E-state index < -0.39 is 0 Å². The molecule has 0 heterocycles. The van der Waals surface area contributed by atoms with Gasteiger partial charge in [0.2, 0.25) is 0 Å². The minimum atomic E-state index is 0.230. The van der Waals surface area contributed by atoms with Crippen molar-refractivity contribution >= 4 is 11.8 Å². The fourth-order valence-corrected chi connectivity index (χ4v) is 3.32. The number of hydrogen-bond donors (Lipinski definition) is 1. The zero-order valence-corrected chi connectivity index (χ0v) is 11.6. The van der Waals surface area contributed by atoms with Crippen molar-refractivity contribution < 1.29 is 0 Å². The molecule has 0 saturated heterocycles. The zero-order valence-electron chi connectivity index (χ0n) is 10.7. The van der Waals surface area contributed by atoms with Crippen LogP contribution in [0.3, 0.4) is 0 Å². The minimum absolute atomic E-state index is 0.230. The molecule has 1 nitrogen and oxygen atoms in total. The lowest BCUT2D eigenvalue weighted by atomic mass is 9.88. The van der Waals surface area contributed by atoms with E-state index in [1.165, 1.54) is 5.56 Å². The topological polar surface area (TPSA) is 26.0 Å². The van der Waals surface area contributed by atoms with Crippen LogP contribution in [0.2, 0.25) is 0 Å². The van der Waals surface area contributed by atoms with Gasteiger partial charge in [0, 0.05) is 17.0 Å². The smallest absolute Gasteiger partial charge is 0.0248 e. The Morgan fingerprint density at radius 3 is 2.19 bits per heavy atom. The minimum Gasteiger partial charge on any atom is -0.327 e. The van der Waals surface area contributed by atoms with Crippen molar-refractivity contribution in [3.8, 4) is 0 Å². The highest BCUT2D eigenvalue weighted by Crippen LogP contribution is 2.34. The summed E-state index contributed by atoms with van der Waals surface area (Å²) in [6, 6.07) is 10.8. The molecule has 0 amide bonds. The summed E-state index contributed by atoms with van der Waals surface area (Å²) in [6.07, 6.45) is 0. The summed E-state index contributed by atoms with van der Waals surface area (Å²) >= 11 is 1.96. The first-order chi connectivity index (χ1) is 7.41. The van der Waals surface area contributed by atoms with Crippen LogP contribution in [0, 0.1) is 5.41 Å². The van der Waals surface area contributed by atoms with Crippen LogP contribution in [0.1, 0.15) is 33.3 Å². The largest absolute Gasteiger partial charge is 0.327 e. The summed E-state index contributed by atoms with van der Waals surface area (Å²) in [4.78, 5) is 0. The van der Waals surface area contributed by atoms with Gasteiger partial charge in [-0.15, -0.1) is 0 Å². The van der Waals surface area contributed by atoms with Gasteiger partial charge in [-0.2, -0.15) is 11.8 Å². The number of benzene rings is 1. The van der Waals surface area contributed by atoms with Gasteiger partial charge in [0.15, 0.2) is 0 Å². The van der Waals surface area contributed by atoms with Gasteiger partial charge in [-0.3, -0.25) is 0 Å². The monoisotopic (exact) mass is 237 g/mol. The molecule has 2 atom stereocenters. The lowest BCUT2D eigenvalue weighted by Gasteiger charge is -2.33. The van der Waals surface area contributed by atoms with Crippen LogP contribution in [0.15, 0.2) is 30.3 Å². The van der Waals surface area contributed by atoms with Crippen molar-refractivity contribution in [3.05, 3.63) is 35.9 Å². The first-order valence-electron chi connectivity index (χ1n) is 5.82. The van der Waals surface area contributed by atoms with Crippen molar-refractivity contribution in [1.29, 1.82) is 0 Å². The fraction of sp³-hybridized carbons (Fsp3) is 0.571. The molecule has 0 aliphatic carbocycles. The Morgan fingerprint density at radius 2 is 1.75 bits per heavy atom. The van der Waals surface area contributed by atoms with Crippen LogP contribution < -0.4 is 5.73 Å². The van der Waals surface area contributed by atoms with Crippen molar-refractivity contribution in [2.24, 2.45) is 11.1 Å². The van der Waals surface area contributed by atoms with E-state index in [4.69, 9.17) is 5.73 Å². The first kappa shape index (κ1) is 13.6. The third-order valence-corrected chi connectivity index (χ3v) is 4.60. The predicted molar refractivity (Wildman–Crippen MR) is 74.6 cm³/mol. The highest BCUT2D eigenvalue weighted by molar-refractivity contribution is 7.99. The molecular weight excluding hydrogens is 214 g/mol. The Hall–Kier alpha value is -0.470. The number of nitrogens with two attached hydrogens (primary N) is 1. The Balaban J connectivity index is 2.58. The molecule has 2 N–H and O–H groups in total. The second kappa shape index (κ2) is 5.74. The second-order valence-electron chi connectivity index (χ2n) is 5.44. The molecule has 0 fully saturated rings. The average Bonchev–Trinajstić information content (AvgIpc) is 2.17. The average molecular weight is 237 g/mol. The van der Waals surface area contributed by atoms with Crippen LogP contribution in [0.25, 0.3) is 0 Å². The molecule has 1 aromatic carbocycles. The Kier molecular flexibility index (Phi) is 4.88. The molecule has 0 spiro atoms. The molecule has 0 saturated carbocycles. The predicted octanol–water partition coefficient (Wildman–Crippen LogP) is 3.68. The van der Waals surface area contributed by atoms with Crippen molar-refractivity contribution in [3.63, 3.8) is 0 Å². The van der Waals surface area contributed by atoms with Crippen LogP contribution in [0.4, 0.5) is 0 Å². The van der Waals surface area contributed by atoms with Crippen LogP contribution in [-0.4, -0.2) is 11.3 Å². The maximum absolute atomic E-state index is 6.07. The third kappa shape index (κ3) is 4.18. The van der Waals surface area contributed by atoms with Crippen molar-refractivity contribution in [2.45, 2.75) is 44.7 Å². The van der Waals surface area contributed by atoms with E-state index in [0.29, 0.717) is 5.25 Å². The number of hydrogen-bond acceptors (Lipinski definition) is 2. The van der Waals surface area contributed by atoms with Crippen LogP contribution >= 0.6 is 11.8 Å². The lowest BCUT2D eigenvalue weighted by molar-refractivity contribution is 0.363. The summed E-state index contributed by atoms with van der Waals surface area (Å²) in [5.41, 5.74) is 7.70. The molecule has 0 bridgehead atoms. The summed E-state index contributed by atoms with van der Waals surface area (Å²) in [5, 5.41) is 0.493. The summed E-state index contributed by atoms with van der Waals surface area (Å²) in [7, 11) is 0. The molecule has 2 heteroatoms. The molecule has 1 aromatic rings. The maximum Gasteiger partial charge on any atom is 0.0248 e. The van der Waals surface area contributed by atoms with Gasteiger partial charge >= 0.3 is 0 Å². The van der Waals surface area contributed by atoms with Gasteiger partial charge in [-0.25, -0.2) is 0 Å². The molecule has 90 valence electrons. The van der Waals surface area contributed by atoms with E-state index in [-0.39, 0.29) is 11.5 Å². The van der Waals surface area contributed by atoms with E-state index >= 15 is 0 Å². The Labute approximate surface area is 104 Å². The summed E-state index contributed by atoms with van der Waals surface area (Å²) < 4.78 is 0. The fourth-order valence-electron chi connectivity index (χ4n) is 1.95. The van der Waals surface area contributed by atoms with E-state index in [1.807, 2.05) is 11.8 Å². The van der Waals surface area contributed by atoms with Gasteiger partial charge < -0.3 is 5.73 Å². The van der Waals surface area contributed by atoms with Crippen LogP contribution in [0.5, 0.6) is 0 Å². The molecule has 1 rings (SSSR count). The molecule has 16 heavy (non-hydrogen) atoms. The Morgan fingerprint density at radius 1 is 1.19 bits per heavy atom. The standard InChI is InChI=1S/C14H23NS/c1-11(15)13(14(2,3)4)16-10-12-8-6-5-7-9-12/h5-9,11,13H,10,15H2,1-4H3. The van der Waals surface area contributed by atoms with Crippen molar-refractivity contribution in [2.75, 3.05) is 0 Å². The van der Waals surface area contributed by atoms with Crippen molar-refractivity contribution in [1.82, 2.24) is 0 Å². The SMILES string of the molecule is CC(N)C(SCc1ccccc1)C(C)(C)C. The van der Waals surface area contributed by atoms with Gasteiger partial charge in [0.1, 0.15) is 0 Å². The molecule has 0 aliphatic rings. The maximum atomic E-state index is 6.07. The molecule has 0 aliphatic heterocycles. The van der Waals surface area contributed by atoms with Gasteiger partial charge in [-0.05, 0) is 17.9 Å². The molecule has 0 aromatic heterocycles.